The van der Waals surface area contributed by atoms with Crippen LogP contribution >= 0.6 is 11.3 Å². The lowest BCUT2D eigenvalue weighted by Crippen LogP contribution is -2.12. The summed E-state index contributed by atoms with van der Waals surface area (Å²) in [5.74, 6) is 0.937. The Balaban J connectivity index is 1.39. The van der Waals surface area contributed by atoms with E-state index in [1.165, 1.54) is 42.7 Å². The molecule has 0 amide bonds. The molecule has 8 rings (SSSR count). The Kier molecular flexibility index (Phi) is 5.06. The van der Waals surface area contributed by atoms with Gasteiger partial charge >= 0.3 is 0 Å². The molecule has 4 heteroatoms. The molecule has 0 saturated carbocycles. The van der Waals surface area contributed by atoms with Gasteiger partial charge < -0.3 is 4.57 Å². The average molecular weight is 532 g/mol. The van der Waals surface area contributed by atoms with Crippen LogP contribution in [0.4, 0.5) is 0 Å². The molecule has 0 N–H and O–H groups in total. The maximum atomic E-state index is 4.90. The van der Waals surface area contributed by atoms with Crippen LogP contribution in [0.3, 0.4) is 0 Å². The van der Waals surface area contributed by atoms with E-state index in [4.69, 9.17) is 4.99 Å². The molecule has 5 aromatic carbocycles. The lowest BCUT2D eigenvalue weighted by Gasteiger charge is -2.11. The molecule has 8 aromatic rings. The molecule has 0 radical (unpaired) electrons. The Bertz CT molecular complexity index is 2200. The van der Waals surface area contributed by atoms with Crippen LogP contribution in [0.2, 0.25) is 0 Å². The van der Waals surface area contributed by atoms with Crippen LogP contribution in [0.1, 0.15) is 10.4 Å². The summed E-state index contributed by atoms with van der Waals surface area (Å²) in [6.45, 7) is 4.26. The molecule has 0 spiro atoms. The number of benzene rings is 5. The van der Waals surface area contributed by atoms with Crippen LogP contribution < -0.4 is 0 Å². The van der Waals surface area contributed by atoms with E-state index in [2.05, 4.69) is 131 Å². The molecule has 0 saturated heterocycles. The number of nitrogens with zero attached hydrogens (tertiary/aromatic N) is 3. The van der Waals surface area contributed by atoms with Gasteiger partial charge in [-0.05, 0) is 42.5 Å². The van der Waals surface area contributed by atoms with E-state index in [0.717, 1.165) is 33.0 Å². The van der Waals surface area contributed by atoms with Crippen LogP contribution in [0.25, 0.3) is 65.5 Å². The van der Waals surface area contributed by atoms with Gasteiger partial charge in [-0.15, -0.1) is 11.3 Å². The van der Waals surface area contributed by atoms with E-state index < -0.39 is 0 Å². The first-order valence-corrected chi connectivity index (χ1v) is 14.2. The second-order valence-corrected chi connectivity index (χ2v) is 11.1. The molecule has 3 nitrogen and oxygen atoms in total. The summed E-state index contributed by atoms with van der Waals surface area (Å²) < 4.78 is 5.89. The van der Waals surface area contributed by atoms with Crippen LogP contribution in [0.5, 0.6) is 0 Å². The summed E-state index contributed by atoms with van der Waals surface area (Å²) in [5, 5.41) is 6.18. The van der Waals surface area contributed by atoms with Gasteiger partial charge in [0.25, 0.3) is 0 Å². The molecule has 0 aliphatic rings. The zero-order chi connectivity index (χ0) is 26.8. The topological polar surface area (TPSA) is 22.2 Å². The number of fused-ring (bicyclic) bond motifs is 7. The van der Waals surface area contributed by atoms with Crippen LogP contribution in [-0.4, -0.2) is 22.0 Å². The first kappa shape index (κ1) is 23.0. The number of hydrogen-bond donors (Lipinski definition) is 0. The lowest BCUT2D eigenvalue weighted by atomic mass is 10.1. The van der Waals surface area contributed by atoms with E-state index in [1.807, 2.05) is 13.1 Å². The number of hydrogen-bond acceptors (Lipinski definition) is 2. The standard InChI is InChI=1S/C36H25N3S/c1-3-24-29-22-23(38-30-16-8-4-12-25(30)26-13-5-9-17-31(26)38)20-21-34(29)40-35(24)36(37-2)39-32-18-10-6-14-27(32)28-15-7-11-19-33(28)39/h3-22H,1H2,2H3/b37-36+. The Hall–Kier alpha value is -4.93. The molecule has 0 fully saturated rings. The van der Waals surface area contributed by atoms with Crippen molar-refractivity contribution in [2.45, 2.75) is 0 Å². The molecule has 0 aliphatic carbocycles. The predicted octanol–water partition coefficient (Wildman–Crippen LogP) is 9.67. The van der Waals surface area contributed by atoms with Crippen molar-refractivity contribution in [3.8, 4) is 5.69 Å². The summed E-state index contributed by atoms with van der Waals surface area (Å²) in [6.07, 6.45) is 1.99. The highest BCUT2D eigenvalue weighted by Gasteiger charge is 2.21. The summed E-state index contributed by atoms with van der Waals surface area (Å²) >= 11 is 1.78. The number of aromatic nitrogens is 2. The fourth-order valence-electron chi connectivity index (χ4n) is 6.27. The van der Waals surface area contributed by atoms with Crippen LogP contribution in [-0.2, 0) is 0 Å². The fraction of sp³-hybridized carbons (Fsp3) is 0.0278. The van der Waals surface area contributed by atoms with Crippen molar-refractivity contribution in [1.82, 2.24) is 9.13 Å². The molecule has 190 valence electrons. The average Bonchev–Trinajstić information content (AvgIpc) is 3.65. The molecule has 0 aliphatic heterocycles. The summed E-state index contributed by atoms with van der Waals surface area (Å²) in [6, 6.07) is 41.2. The smallest absolute Gasteiger partial charge is 0.150 e. The Labute approximate surface area is 235 Å². The van der Waals surface area contributed by atoms with Crippen LogP contribution in [0, 0.1) is 0 Å². The Morgan fingerprint density at radius 2 is 1.15 bits per heavy atom. The monoisotopic (exact) mass is 531 g/mol. The van der Waals surface area contributed by atoms with Crippen molar-refractivity contribution in [1.29, 1.82) is 0 Å². The molecule has 0 unspecified atom stereocenters. The van der Waals surface area contributed by atoms with Gasteiger partial charge in [0.15, 0.2) is 5.84 Å². The Morgan fingerprint density at radius 1 is 0.650 bits per heavy atom. The van der Waals surface area contributed by atoms with Gasteiger partial charge in [-0.2, -0.15) is 0 Å². The van der Waals surface area contributed by atoms with Crippen molar-refractivity contribution in [2.24, 2.45) is 4.99 Å². The number of rotatable bonds is 3. The zero-order valence-corrected chi connectivity index (χ0v) is 22.8. The minimum Gasteiger partial charge on any atom is -0.309 e. The highest BCUT2D eigenvalue weighted by Crippen LogP contribution is 2.39. The van der Waals surface area contributed by atoms with E-state index in [0.29, 0.717) is 0 Å². The number of thiophene rings is 1. The Morgan fingerprint density at radius 3 is 1.68 bits per heavy atom. The van der Waals surface area contributed by atoms with Crippen LogP contribution in [0.15, 0.2) is 127 Å². The summed E-state index contributed by atoms with van der Waals surface area (Å²) in [5.41, 5.74) is 6.99. The maximum Gasteiger partial charge on any atom is 0.150 e. The highest BCUT2D eigenvalue weighted by molar-refractivity contribution is 7.21. The quantitative estimate of drug-likeness (QED) is 0.160. The number of aliphatic imine (C=N–C) groups is 1. The van der Waals surface area contributed by atoms with E-state index in [1.54, 1.807) is 11.3 Å². The van der Waals surface area contributed by atoms with Crippen molar-refractivity contribution >= 4 is 76.9 Å². The van der Waals surface area contributed by atoms with Gasteiger partial charge in [0.05, 0.1) is 26.9 Å². The van der Waals surface area contributed by atoms with E-state index in [-0.39, 0.29) is 0 Å². The predicted molar refractivity (Wildman–Crippen MR) is 174 cm³/mol. The first-order valence-electron chi connectivity index (χ1n) is 13.4. The third kappa shape index (κ3) is 3.14. The lowest BCUT2D eigenvalue weighted by molar-refractivity contribution is 1.19. The largest absolute Gasteiger partial charge is 0.309 e. The molecular formula is C36H25N3S. The molecule has 3 aromatic heterocycles. The molecular weight excluding hydrogens is 506 g/mol. The van der Waals surface area contributed by atoms with Crippen molar-refractivity contribution in [3.05, 3.63) is 132 Å². The van der Waals surface area contributed by atoms with Gasteiger partial charge in [0.2, 0.25) is 0 Å². The van der Waals surface area contributed by atoms with Crippen molar-refractivity contribution in [2.75, 3.05) is 7.05 Å². The van der Waals surface area contributed by atoms with Crippen molar-refractivity contribution < 1.29 is 0 Å². The second kappa shape index (κ2) is 8.80. The second-order valence-electron chi connectivity index (χ2n) is 10.0. The minimum absolute atomic E-state index is 0.937. The minimum atomic E-state index is 0.937. The summed E-state index contributed by atoms with van der Waals surface area (Å²) in [7, 11) is 1.89. The van der Waals surface area contributed by atoms with E-state index >= 15 is 0 Å². The first-order chi connectivity index (χ1) is 19.8. The third-order valence-corrected chi connectivity index (χ3v) is 9.14. The van der Waals surface area contributed by atoms with Gasteiger partial charge in [-0.25, -0.2) is 0 Å². The third-order valence-electron chi connectivity index (χ3n) is 7.96. The summed E-state index contributed by atoms with van der Waals surface area (Å²) in [4.78, 5) is 6.02. The SMILES string of the molecule is C=Cc1c(/C(=N\C)n2c3ccccc3c3ccccc32)sc2ccc(-n3c4ccccc4c4ccccc43)cc12. The molecule has 3 heterocycles. The maximum absolute atomic E-state index is 4.90. The van der Waals surface area contributed by atoms with Gasteiger partial charge in [-0.3, -0.25) is 9.56 Å². The van der Waals surface area contributed by atoms with Crippen molar-refractivity contribution in [3.63, 3.8) is 0 Å². The number of para-hydroxylation sites is 4. The van der Waals surface area contributed by atoms with Gasteiger partial charge in [0.1, 0.15) is 0 Å². The zero-order valence-electron chi connectivity index (χ0n) is 22.0. The van der Waals surface area contributed by atoms with E-state index in [9.17, 15) is 0 Å². The van der Waals surface area contributed by atoms with Gasteiger partial charge in [-0.1, -0.05) is 85.5 Å². The van der Waals surface area contributed by atoms with Gasteiger partial charge in [0, 0.05) is 49.9 Å². The molecule has 0 bridgehead atoms. The molecule has 0 atom stereocenters. The molecule has 40 heavy (non-hydrogen) atoms. The normalized spacial score (nSPS) is 12.4. The highest BCUT2D eigenvalue weighted by atomic mass is 32.1. The fourth-order valence-corrected chi connectivity index (χ4v) is 7.48.